The molecule has 0 fully saturated rings. The van der Waals surface area contributed by atoms with Gasteiger partial charge in [-0.3, -0.25) is 4.79 Å². The van der Waals surface area contributed by atoms with Crippen LogP contribution in [0.15, 0.2) is 0 Å². The first-order chi connectivity index (χ1) is 6.26. The largest absolute Gasteiger partial charge is 0.389 e. The molecule has 2 atom stereocenters. The van der Waals surface area contributed by atoms with Crippen LogP contribution in [-0.2, 0) is 4.79 Å². The Balaban J connectivity index is -0.000000845. The molecule has 0 rings (SSSR count). The monoisotopic (exact) mass is 284 g/mol. The second-order valence-corrected chi connectivity index (χ2v) is 3.32. The quantitative estimate of drug-likeness (QED) is 0.811. The van der Waals surface area contributed by atoms with Crippen molar-refractivity contribution in [2.75, 3.05) is 0 Å². The van der Waals surface area contributed by atoms with E-state index in [0.717, 1.165) is 0 Å². The predicted octanol–water partition coefficient (Wildman–Crippen LogP) is 2.01. The molecule has 100 valence electrons. The Hall–Kier alpha value is -0.200. The second kappa shape index (κ2) is 8.90. The summed E-state index contributed by atoms with van der Waals surface area (Å²) < 4.78 is 35.9. The summed E-state index contributed by atoms with van der Waals surface area (Å²) in [5.74, 6) is -2.14. The maximum atomic E-state index is 12.0. The third-order valence-corrected chi connectivity index (χ3v) is 1.99. The Kier molecular flexibility index (Phi) is 11.7. The van der Waals surface area contributed by atoms with Gasteiger partial charge in [0.2, 0.25) is 5.91 Å². The van der Waals surface area contributed by atoms with E-state index in [1.54, 1.807) is 6.92 Å². The first-order valence-electron chi connectivity index (χ1n) is 4.38. The van der Waals surface area contributed by atoms with Crippen molar-refractivity contribution in [2.45, 2.75) is 38.4 Å². The summed E-state index contributed by atoms with van der Waals surface area (Å²) >= 11 is 0. The molecule has 0 bridgehead atoms. The van der Waals surface area contributed by atoms with Crippen molar-refractivity contribution < 1.29 is 18.0 Å². The van der Waals surface area contributed by atoms with E-state index in [-0.39, 0.29) is 31.2 Å². The number of hydrogen-bond acceptors (Lipinski definition) is 2. The van der Waals surface area contributed by atoms with Gasteiger partial charge in [-0.15, -0.1) is 24.8 Å². The zero-order valence-corrected chi connectivity index (χ0v) is 10.4. The molecule has 0 saturated heterocycles. The minimum absolute atomic E-state index is 0. The third kappa shape index (κ3) is 10.3. The first kappa shape index (κ1) is 21.1. The standard InChI is InChI=1S/C8H15F3N2O.2ClH/c1-2-6(12)3-5(7(13)14)4-8(9,10)11;;/h5-6H,2-4,12H2,1H3,(H2,13,14);2*1H/t5?,6-;;/m0../s1. The number of amides is 1. The van der Waals surface area contributed by atoms with Gasteiger partial charge < -0.3 is 11.5 Å². The van der Waals surface area contributed by atoms with E-state index in [1.165, 1.54) is 0 Å². The van der Waals surface area contributed by atoms with Gasteiger partial charge in [0.1, 0.15) is 0 Å². The average molecular weight is 285 g/mol. The van der Waals surface area contributed by atoms with E-state index < -0.39 is 30.5 Å². The summed E-state index contributed by atoms with van der Waals surface area (Å²) in [7, 11) is 0. The maximum absolute atomic E-state index is 12.0. The molecular formula is C8H17Cl2F3N2O. The van der Waals surface area contributed by atoms with Crippen molar-refractivity contribution in [3.63, 3.8) is 0 Å². The zero-order valence-electron chi connectivity index (χ0n) is 8.79. The minimum atomic E-state index is -4.37. The number of rotatable bonds is 5. The van der Waals surface area contributed by atoms with E-state index >= 15 is 0 Å². The van der Waals surface area contributed by atoms with E-state index in [9.17, 15) is 18.0 Å². The highest BCUT2D eigenvalue weighted by Crippen LogP contribution is 2.27. The number of primary amides is 1. The average Bonchev–Trinajstić information content (AvgIpc) is 2.00. The van der Waals surface area contributed by atoms with Crippen LogP contribution in [0.1, 0.15) is 26.2 Å². The molecule has 1 amide bonds. The first-order valence-corrected chi connectivity index (χ1v) is 4.38. The van der Waals surface area contributed by atoms with Crippen LogP contribution in [0.3, 0.4) is 0 Å². The fourth-order valence-corrected chi connectivity index (χ4v) is 1.11. The van der Waals surface area contributed by atoms with E-state index in [1.807, 2.05) is 0 Å². The molecule has 0 aliphatic heterocycles. The van der Waals surface area contributed by atoms with Gasteiger partial charge in [-0.1, -0.05) is 6.92 Å². The van der Waals surface area contributed by atoms with Crippen LogP contribution in [0, 0.1) is 5.92 Å². The molecule has 16 heavy (non-hydrogen) atoms. The van der Waals surface area contributed by atoms with Crippen molar-refractivity contribution in [1.82, 2.24) is 0 Å². The van der Waals surface area contributed by atoms with Gasteiger partial charge in [0.15, 0.2) is 0 Å². The molecule has 0 aromatic rings. The van der Waals surface area contributed by atoms with Gasteiger partial charge >= 0.3 is 6.18 Å². The number of nitrogens with two attached hydrogens (primary N) is 2. The molecule has 3 nitrogen and oxygen atoms in total. The van der Waals surface area contributed by atoms with Crippen LogP contribution in [-0.4, -0.2) is 18.1 Å². The second-order valence-electron chi connectivity index (χ2n) is 3.32. The van der Waals surface area contributed by atoms with Gasteiger partial charge in [0, 0.05) is 12.0 Å². The van der Waals surface area contributed by atoms with Gasteiger partial charge in [-0.05, 0) is 12.8 Å². The summed E-state index contributed by atoms with van der Waals surface area (Å²) in [6, 6.07) is -0.408. The smallest absolute Gasteiger partial charge is 0.369 e. The van der Waals surface area contributed by atoms with Crippen LogP contribution in [0.25, 0.3) is 0 Å². The lowest BCUT2D eigenvalue weighted by atomic mass is 9.95. The van der Waals surface area contributed by atoms with Crippen LogP contribution in [0.4, 0.5) is 13.2 Å². The van der Waals surface area contributed by atoms with Gasteiger partial charge in [0.25, 0.3) is 0 Å². The molecule has 0 aromatic heterocycles. The SMILES string of the molecule is CC[C@H](N)CC(CC(F)(F)F)C(N)=O.Cl.Cl. The zero-order chi connectivity index (χ0) is 11.4. The van der Waals surface area contributed by atoms with Crippen LogP contribution < -0.4 is 11.5 Å². The van der Waals surface area contributed by atoms with Crippen LogP contribution in [0.5, 0.6) is 0 Å². The Labute approximate surface area is 105 Å². The summed E-state index contributed by atoms with van der Waals surface area (Å²) in [5, 5.41) is 0. The van der Waals surface area contributed by atoms with E-state index in [4.69, 9.17) is 11.5 Å². The topological polar surface area (TPSA) is 69.1 Å². The fourth-order valence-electron chi connectivity index (χ4n) is 1.11. The Morgan fingerprint density at radius 3 is 2.00 bits per heavy atom. The van der Waals surface area contributed by atoms with Crippen LogP contribution in [0.2, 0.25) is 0 Å². The van der Waals surface area contributed by atoms with Gasteiger partial charge in [-0.2, -0.15) is 13.2 Å². The molecule has 8 heteroatoms. The molecule has 0 spiro atoms. The fraction of sp³-hybridized carbons (Fsp3) is 0.875. The third-order valence-electron chi connectivity index (χ3n) is 1.99. The van der Waals surface area contributed by atoms with Crippen molar-refractivity contribution in [1.29, 1.82) is 0 Å². The number of hydrogen-bond donors (Lipinski definition) is 2. The molecule has 1 unspecified atom stereocenters. The molecular weight excluding hydrogens is 268 g/mol. The molecule has 4 N–H and O–H groups in total. The molecule has 0 aromatic carbocycles. The highest BCUT2D eigenvalue weighted by molar-refractivity contribution is 5.85. The summed E-state index contributed by atoms with van der Waals surface area (Å²) in [6.07, 6.45) is -5.03. The molecule has 0 aliphatic rings. The Morgan fingerprint density at radius 2 is 1.75 bits per heavy atom. The van der Waals surface area contributed by atoms with Gasteiger partial charge in [0.05, 0.1) is 6.42 Å². The summed E-state index contributed by atoms with van der Waals surface area (Å²) in [5.41, 5.74) is 10.3. The minimum Gasteiger partial charge on any atom is -0.369 e. The highest BCUT2D eigenvalue weighted by Gasteiger charge is 2.34. The van der Waals surface area contributed by atoms with E-state index in [2.05, 4.69) is 0 Å². The molecule has 0 saturated carbocycles. The molecule has 0 aliphatic carbocycles. The predicted molar refractivity (Wildman–Crippen MR) is 60.7 cm³/mol. The van der Waals surface area contributed by atoms with Crippen molar-refractivity contribution in [3.8, 4) is 0 Å². The molecule has 0 radical (unpaired) electrons. The highest BCUT2D eigenvalue weighted by atomic mass is 35.5. The van der Waals surface area contributed by atoms with E-state index in [0.29, 0.717) is 6.42 Å². The van der Waals surface area contributed by atoms with Crippen molar-refractivity contribution in [3.05, 3.63) is 0 Å². The Morgan fingerprint density at radius 1 is 1.31 bits per heavy atom. The maximum Gasteiger partial charge on any atom is 0.389 e. The van der Waals surface area contributed by atoms with Gasteiger partial charge in [-0.25, -0.2) is 0 Å². The summed E-state index contributed by atoms with van der Waals surface area (Å²) in [6.45, 7) is 1.75. The number of carbonyl (C=O) groups excluding carboxylic acids is 1. The lowest BCUT2D eigenvalue weighted by Gasteiger charge is -2.18. The van der Waals surface area contributed by atoms with Crippen molar-refractivity contribution in [2.24, 2.45) is 17.4 Å². The van der Waals surface area contributed by atoms with Crippen LogP contribution >= 0.6 is 24.8 Å². The van der Waals surface area contributed by atoms with Crippen molar-refractivity contribution >= 4 is 30.7 Å². The lowest BCUT2D eigenvalue weighted by molar-refractivity contribution is -0.153. The Bertz CT molecular complexity index is 202. The number of carbonyl (C=O) groups is 1. The lowest BCUT2D eigenvalue weighted by Crippen LogP contribution is -2.33. The molecule has 0 heterocycles. The normalized spacial score (nSPS) is 14.3. The summed E-state index contributed by atoms with van der Waals surface area (Å²) in [4.78, 5) is 10.7. The number of halogens is 5. The number of alkyl halides is 3.